The van der Waals surface area contributed by atoms with Crippen LogP contribution in [-0.2, 0) is 19.1 Å². The highest BCUT2D eigenvalue weighted by Crippen LogP contribution is 2.17. The van der Waals surface area contributed by atoms with Gasteiger partial charge in [0.1, 0.15) is 6.61 Å². The molecule has 2 rings (SSSR count). The second-order valence-corrected chi connectivity index (χ2v) is 7.08. The van der Waals surface area contributed by atoms with E-state index in [0.29, 0.717) is 13.2 Å². The maximum atomic E-state index is 12.0. The molecule has 0 unspecified atom stereocenters. The normalized spacial score (nSPS) is 18.1. The summed E-state index contributed by atoms with van der Waals surface area (Å²) in [5, 5.41) is 4.42. The number of hydrogen-bond acceptors (Lipinski definition) is 6. The van der Waals surface area contributed by atoms with Crippen molar-refractivity contribution in [2.24, 2.45) is 11.1 Å². The van der Waals surface area contributed by atoms with Gasteiger partial charge < -0.3 is 14.3 Å². The number of benzene rings is 1. The van der Waals surface area contributed by atoms with Crippen LogP contribution >= 0.6 is 0 Å². The first-order valence-corrected chi connectivity index (χ1v) is 10.4. The quantitative estimate of drug-likeness (QED) is 0.237. The molecular formula is C22H34N2O4. The molecule has 1 aromatic rings. The Balaban J connectivity index is 1.81. The third-order valence-corrected chi connectivity index (χ3v) is 4.92. The molecule has 1 aliphatic rings. The van der Waals surface area contributed by atoms with Gasteiger partial charge in [-0.1, -0.05) is 35.5 Å². The first kappa shape index (κ1) is 22.4. The van der Waals surface area contributed by atoms with Gasteiger partial charge in [-0.15, -0.1) is 0 Å². The SMILES string of the molecule is CCOC(=O)[C@@H]1CCCN(CCO/N=C(\CCCCOC)c2ccccc2)C1. The van der Waals surface area contributed by atoms with Crippen LogP contribution in [0.5, 0.6) is 0 Å². The zero-order valence-electron chi connectivity index (χ0n) is 17.3. The second kappa shape index (κ2) is 13.3. The Morgan fingerprint density at radius 3 is 2.79 bits per heavy atom. The predicted molar refractivity (Wildman–Crippen MR) is 110 cm³/mol. The molecule has 0 aromatic heterocycles. The number of rotatable bonds is 12. The first-order valence-electron chi connectivity index (χ1n) is 10.4. The van der Waals surface area contributed by atoms with Crippen molar-refractivity contribution < 1.29 is 19.1 Å². The van der Waals surface area contributed by atoms with Gasteiger partial charge in [-0.2, -0.15) is 0 Å². The highest BCUT2D eigenvalue weighted by atomic mass is 16.6. The number of hydrogen-bond donors (Lipinski definition) is 0. The Labute approximate surface area is 168 Å². The fourth-order valence-corrected chi connectivity index (χ4v) is 3.42. The summed E-state index contributed by atoms with van der Waals surface area (Å²) in [5.41, 5.74) is 2.07. The van der Waals surface area contributed by atoms with Crippen LogP contribution in [0.2, 0.25) is 0 Å². The van der Waals surface area contributed by atoms with Gasteiger partial charge >= 0.3 is 5.97 Å². The zero-order valence-corrected chi connectivity index (χ0v) is 17.3. The fraction of sp³-hybridized carbons (Fsp3) is 0.636. The summed E-state index contributed by atoms with van der Waals surface area (Å²) in [6.07, 6.45) is 4.81. The number of methoxy groups -OCH3 is 1. The van der Waals surface area contributed by atoms with E-state index in [-0.39, 0.29) is 11.9 Å². The molecule has 156 valence electrons. The van der Waals surface area contributed by atoms with Crippen molar-refractivity contribution in [1.29, 1.82) is 0 Å². The van der Waals surface area contributed by atoms with E-state index in [0.717, 1.165) is 69.6 Å². The van der Waals surface area contributed by atoms with E-state index in [4.69, 9.17) is 14.3 Å². The highest BCUT2D eigenvalue weighted by Gasteiger charge is 2.26. The highest BCUT2D eigenvalue weighted by molar-refractivity contribution is 6.00. The lowest BCUT2D eigenvalue weighted by Gasteiger charge is -2.30. The van der Waals surface area contributed by atoms with Crippen molar-refractivity contribution in [1.82, 2.24) is 4.90 Å². The smallest absolute Gasteiger partial charge is 0.310 e. The van der Waals surface area contributed by atoms with Crippen LogP contribution in [0, 0.1) is 5.92 Å². The molecule has 28 heavy (non-hydrogen) atoms. The average Bonchev–Trinajstić information content (AvgIpc) is 2.73. The number of oxime groups is 1. The minimum atomic E-state index is -0.0754. The van der Waals surface area contributed by atoms with Crippen molar-refractivity contribution in [2.75, 3.05) is 46.6 Å². The van der Waals surface area contributed by atoms with E-state index in [1.165, 1.54) is 0 Å². The average molecular weight is 391 g/mol. The number of unbranched alkanes of at least 4 members (excludes halogenated alkanes) is 1. The number of esters is 1. The molecule has 1 fully saturated rings. The van der Waals surface area contributed by atoms with Gasteiger partial charge in [0.25, 0.3) is 0 Å². The Bertz CT molecular complexity index is 591. The number of ether oxygens (including phenoxy) is 2. The largest absolute Gasteiger partial charge is 0.466 e. The monoisotopic (exact) mass is 390 g/mol. The van der Waals surface area contributed by atoms with E-state index in [1.807, 2.05) is 25.1 Å². The second-order valence-electron chi connectivity index (χ2n) is 7.08. The molecule has 1 aliphatic heterocycles. The van der Waals surface area contributed by atoms with Gasteiger partial charge in [0.2, 0.25) is 0 Å². The zero-order chi connectivity index (χ0) is 20.0. The van der Waals surface area contributed by atoms with Crippen LogP contribution in [0.3, 0.4) is 0 Å². The number of piperidine rings is 1. The minimum absolute atomic E-state index is 0.0159. The lowest BCUT2D eigenvalue weighted by Crippen LogP contribution is -2.40. The van der Waals surface area contributed by atoms with Gasteiger partial charge in [0, 0.05) is 26.8 Å². The van der Waals surface area contributed by atoms with E-state index in [1.54, 1.807) is 7.11 Å². The Morgan fingerprint density at radius 1 is 1.21 bits per heavy atom. The van der Waals surface area contributed by atoms with Gasteiger partial charge in [-0.3, -0.25) is 9.69 Å². The first-order chi connectivity index (χ1) is 13.7. The third-order valence-electron chi connectivity index (χ3n) is 4.92. The van der Waals surface area contributed by atoms with Crippen molar-refractivity contribution in [3.63, 3.8) is 0 Å². The lowest BCUT2D eigenvalue weighted by atomic mass is 9.98. The van der Waals surface area contributed by atoms with E-state index in [2.05, 4.69) is 22.2 Å². The Morgan fingerprint density at radius 2 is 2.04 bits per heavy atom. The molecule has 0 aliphatic carbocycles. The van der Waals surface area contributed by atoms with Crippen LogP contribution in [0.15, 0.2) is 35.5 Å². The summed E-state index contributed by atoms with van der Waals surface area (Å²) in [6.45, 7) is 6.08. The van der Waals surface area contributed by atoms with Gasteiger partial charge in [-0.05, 0) is 51.1 Å². The number of carbonyl (C=O) groups excluding carboxylic acids is 1. The lowest BCUT2D eigenvalue weighted by molar-refractivity contribution is -0.150. The summed E-state index contributed by atoms with van der Waals surface area (Å²) in [4.78, 5) is 19.9. The van der Waals surface area contributed by atoms with E-state index in [9.17, 15) is 4.79 Å². The molecule has 0 bridgehead atoms. The molecule has 0 saturated carbocycles. The van der Waals surface area contributed by atoms with Gasteiger partial charge in [-0.25, -0.2) is 0 Å². The van der Waals surface area contributed by atoms with Gasteiger partial charge in [0.15, 0.2) is 0 Å². The van der Waals surface area contributed by atoms with E-state index < -0.39 is 0 Å². The van der Waals surface area contributed by atoms with Crippen LogP contribution in [-0.4, -0.2) is 63.1 Å². The molecular weight excluding hydrogens is 356 g/mol. The van der Waals surface area contributed by atoms with Crippen molar-refractivity contribution in [2.45, 2.75) is 39.0 Å². The van der Waals surface area contributed by atoms with Crippen molar-refractivity contribution >= 4 is 11.7 Å². The number of nitrogens with zero attached hydrogens (tertiary/aromatic N) is 2. The van der Waals surface area contributed by atoms with Crippen molar-refractivity contribution in [3.8, 4) is 0 Å². The molecule has 1 saturated heterocycles. The van der Waals surface area contributed by atoms with Crippen LogP contribution in [0.1, 0.15) is 44.6 Å². The summed E-state index contributed by atoms with van der Waals surface area (Å²) in [7, 11) is 1.72. The molecule has 0 N–H and O–H groups in total. The molecule has 0 amide bonds. The molecule has 6 nitrogen and oxygen atoms in total. The molecule has 0 spiro atoms. The van der Waals surface area contributed by atoms with Crippen LogP contribution in [0.25, 0.3) is 0 Å². The predicted octanol–water partition coefficient (Wildman–Crippen LogP) is 3.50. The molecule has 1 heterocycles. The van der Waals surface area contributed by atoms with E-state index >= 15 is 0 Å². The summed E-state index contributed by atoms with van der Waals surface area (Å²) >= 11 is 0. The summed E-state index contributed by atoms with van der Waals surface area (Å²) < 4.78 is 10.3. The molecule has 0 radical (unpaired) electrons. The Hall–Kier alpha value is -1.92. The summed E-state index contributed by atoms with van der Waals surface area (Å²) in [6, 6.07) is 10.2. The Kier molecular flexibility index (Phi) is 10.6. The molecule has 1 atom stereocenters. The summed E-state index contributed by atoms with van der Waals surface area (Å²) in [5.74, 6) is -0.0913. The number of carbonyl (C=O) groups is 1. The third kappa shape index (κ3) is 7.98. The molecule has 6 heteroatoms. The minimum Gasteiger partial charge on any atom is -0.466 e. The maximum absolute atomic E-state index is 12.0. The van der Waals surface area contributed by atoms with Crippen molar-refractivity contribution in [3.05, 3.63) is 35.9 Å². The fourth-order valence-electron chi connectivity index (χ4n) is 3.42. The topological polar surface area (TPSA) is 60.4 Å². The number of likely N-dealkylation sites (tertiary alicyclic amines) is 1. The van der Waals surface area contributed by atoms with Crippen LogP contribution in [0.4, 0.5) is 0 Å². The maximum Gasteiger partial charge on any atom is 0.310 e. The standard InChI is InChI=1S/C22H34N2O4/c1-3-27-22(25)20-12-9-14-24(18-20)15-17-28-23-21(13-7-8-16-26-2)19-10-5-4-6-11-19/h4-6,10-11,20H,3,7-9,12-18H2,1-2H3/b23-21+/t20-/m1/s1. The van der Waals surface area contributed by atoms with Gasteiger partial charge in [0.05, 0.1) is 18.2 Å². The molecule has 1 aromatic carbocycles. The van der Waals surface area contributed by atoms with Crippen LogP contribution < -0.4 is 0 Å².